The van der Waals surface area contributed by atoms with Gasteiger partial charge in [0.1, 0.15) is 5.82 Å². The first-order valence-electron chi connectivity index (χ1n) is 9.48. The van der Waals surface area contributed by atoms with Crippen molar-refractivity contribution in [2.75, 3.05) is 43.5 Å². The number of rotatable bonds is 6. The monoisotopic (exact) mass is 515 g/mol. The minimum atomic E-state index is 0. The van der Waals surface area contributed by atoms with Gasteiger partial charge in [0.2, 0.25) is 0 Å². The number of guanidine groups is 1. The van der Waals surface area contributed by atoms with Crippen molar-refractivity contribution in [3.63, 3.8) is 0 Å². The van der Waals surface area contributed by atoms with Crippen LogP contribution in [0.25, 0.3) is 0 Å². The summed E-state index contributed by atoms with van der Waals surface area (Å²) in [6.45, 7) is 5.54. The average molecular weight is 515 g/mol. The maximum absolute atomic E-state index is 4.72. The highest BCUT2D eigenvalue weighted by Crippen LogP contribution is 2.19. The van der Waals surface area contributed by atoms with E-state index in [4.69, 9.17) is 4.99 Å². The number of anilines is 2. The number of nitrogens with one attached hydrogen (secondary N) is 2. The lowest BCUT2D eigenvalue weighted by atomic mass is 10.1. The van der Waals surface area contributed by atoms with E-state index in [1.165, 1.54) is 0 Å². The molecule has 1 saturated heterocycles. The Morgan fingerprint density at radius 2 is 2.11 bits per heavy atom. The van der Waals surface area contributed by atoms with Crippen molar-refractivity contribution < 1.29 is 0 Å². The number of halogens is 1. The highest BCUT2D eigenvalue weighted by molar-refractivity contribution is 14.0. The lowest BCUT2D eigenvalue weighted by Gasteiger charge is -2.33. The zero-order chi connectivity index (χ0) is 19.1. The summed E-state index contributed by atoms with van der Waals surface area (Å²) in [7, 11) is 4.02. The van der Waals surface area contributed by atoms with Gasteiger partial charge >= 0.3 is 0 Å². The van der Waals surface area contributed by atoms with Gasteiger partial charge < -0.3 is 20.4 Å². The van der Waals surface area contributed by atoms with Crippen LogP contribution in [0.15, 0.2) is 34.8 Å². The number of hydrogen-bond acceptors (Lipinski definition) is 6. The molecule has 1 fully saturated rings. The average Bonchev–Trinajstić information content (AvgIpc) is 3.17. The second-order valence-electron chi connectivity index (χ2n) is 6.80. The molecule has 1 aliphatic rings. The minimum Gasteiger partial charge on any atom is -0.357 e. The van der Waals surface area contributed by atoms with E-state index in [0.29, 0.717) is 12.6 Å². The molecule has 0 saturated carbocycles. The Bertz CT molecular complexity index is 727. The van der Waals surface area contributed by atoms with Crippen molar-refractivity contribution in [1.29, 1.82) is 0 Å². The number of aliphatic imine (C=N–C) groups is 1. The van der Waals surface area contributed by atoms with Crippen LogP contribution in [0.2, 0.25) is 0 Å². The Morgan fingerprint density at radius 3 is 2.71 bits per heavy atom. The lowest BCUT2D eigenvalue weighted by Crippen LogP contribution is -2.48. The van der Waals surface area contributed by atoms with Crippen LogP contribution in [0.1, 0.15) is 25.5 Å². The Labute approximate surface area is 188 Å². The molecular weight excluding hydrogens is 485 g/mol. The Morgan fingerprint density at radius 1 is 1.32 bits per heavy atom. The maximum atomic E-state index is 4.72. The zero-order valence-corrected chi connectivity index (χ0v) is 19.9. The van der Waals surface area contributed by atoms with Crippen molar-refractivity contribution >= 4 is 52.2 Å². The number of aromatic nitrogens is 2. The highest BCUT2D eigenvalue weighted by Gasteiger charge is 2.20. The predicted octanol–water partition coefficient (Wildman–Crippen LogP) is 2.95. The van der Waals surface area contributed by atoms with Crippen LogP contribution in [-0.2, 0) is 6.54 Å². The molecule has 2 aromatic rings. The van der Waals surface area contributed by atoms with E-state index >= 15 is 0 Å². The Balaban J connectivity index is 0.00000280. The largest absolute Gasteiger partial charge is 0.357 e. The van der Waals surface area contributed by atoms with Gasteiger partial charge in [0, 0.05) is 51.3 Å². The molecule has 2 N–H and O–H groups in total. The van der Waals surface area contributed by atoms with Gasteiger partial charge in [-0.05, 0) is 31.9 Å². The molecule has 28 heavy (non-hydrogen) atoms. The molecular formula is C19H30IN7S. The summed E-state index contributed by atoms with van der Waals surface area (Å²) in [6, 6.07) is 6.51. The van der Waals surface area contributed by atoms with Crippen molar-refractivity contribution in [2.45, 2.75) is 32.4 Å². The van der Waals surface area contributed by atoms with Gasteiger partial charge in [0.05, 0.1) is 12.2 Å². The van der Waals surface area contributed by atoms with Crippen molar-refractivity contribution in [3.05, 3.63) is 35.5 Å². The molecule has 0 bridgehead atoms. The van der Waals surface area contributed by atoms with E-state index in [9.17, 15) is 0 Å². The Hall–Kier alpha value is -1.62. The number of pyridine rings is 1. The van der Waals surface area contributed by atoms with E-state index in [-0.39, 0.29) is 24.0 Å². The van der Waals surface area contributed by atoms with Gasteiger partial charge in [0.25, 0.3) is 0 Å². The standard InChI is InChI=1S/C19H29N7S.HI/c1-4-20-18(22-13-16-14-27-19(24-16)25(2)3)23-15-8-11-26(12-9-15)17-7-5-6-10-21-17;/h5-7,10,14-15H,4,8-9,11-13H2,1-3H3,(H2,20,22,23);1H. The fraction of sp³-hybridized carbons (Fsp3) is 0.526. The van der Waals surface area contributed by atoms with Crippen LogP contribution in [0, 0.1) is 0 Å². The van der Waals surface area contributed by atoms with Gasteiger partial charge in [-0.3, -0.25) is 0 Å². The highest BCUT2D eigenvalue weighted by atomic mass is 127. The van der Waals surface area contributed by atoms with Gasteiger partial charge in [0.15, 0.2) is 11.1 Å². The van der Waals surface area contributed by atoms with Gasteiger partial charge in [-0.15, -0.1) is 35.3 Å². The van der Waals surface area contributed by atoms with Crippen LogP contribution in [0.5, 0.6) is 0 Å². The van der Waals surface area contributed by atoms with E-state index in [2.05, 4.69) is 43.9 Å². The summed E-state index contributed by atoms with van der Waals surface area (Å²) in [6.07, 6.45) is 4.00. The molecule has 2 aromatic heterocycles. The van der Waals surface area contributed by atoms with Gasteiger partial charge in [-0.2, -0.15) is 0 Å². The third-order valence-electron chi connectivity index (χ3n) is 4.47. The summed E-state index contributed by atoms with van der Waals surface area (Å²) in [4.78, 5) is 18.1. The second-order valence-corrected chi connectivity index (χ2v) is 7.64. The molecule has 0 unspecified atom stereocenters. The maximum Gasteiger partial charge on any atom is 0.191 e. The predicted molar refractivity (Wildman–Crippen MR) is 129 cm³/mol. The topological polar surface area (TPSA) is 68.7 Å². The summed E-state index contributed by atoms with van der Waals surface area (Å²) in [5.74, 6) is 1.94. The molecule has 154 valence electrons. The Kier molecular flexibility index (Phi) is 9.23. The smallest absolute Gasteiger partial charge is 0.191 e. The first-order valence-corrected chi connectivity index (χ1v) is 10.4. The van der Waals surface area contributed by atoms with Crippen LogP contribution in [0.4, 0.5) is 10.9 Å². The van der Waals surface area contributed by atoms with Crippen LogP contribution in [0.3, 0.4) is 0 Å². The molecule has 0 aromatic carbocycles. The SMILES string of the molecule is CCNC(=NCc1csc(N(C)C)n1)NC1CCN(c2ccccn2)CC1.I. The number of piperidine rings is 1. The molecule has 9 heteroatoms. The van der Waals surface area contributed by atoms with Crippen LogP contribution < -0.4 is 20.4 Å². The first kappa shape index (κ1) is 22.7. The number of nitrogens with zero attached hydrogens (tertiary/aromatic N) is 5. The van der Waals surface area contributed by atoms with E-state index in [0.717, 1.165) is 55.1 Å². The molecule has 0 aliphatic carbocycles. The fourth-order valence-electron chi connectivity index (χ4n) is 3.04. The van der Waals surface area contributed by atoms with Gasteiger partial charge in [-0.25, -0.2) is 15.0 Å². The summed E-state index contributed by atoms with van der Waals surface area (Å²) in [5.41, 5.74) is 1.01. The molecule has 0 amide bonds. The van der Waals surface area contributed by atoms with E-state index < -0.39 is 0 Å². The summed E-state index contributed by atoms with van der Waals surface area (Å²) < 4.78 is 0. The third kappa shape index (κ3) is 6.47. The second kappa shape index (κ2) is 11.4. The van der Waals surface area contributed by atoms with Crippen LogP contribution in [-0.4, -0.2) is 55.7 Å². The minimum absolute atomic E-state index is 0. The molecule has 3 rings (SSSR count). The zero-order valence-electron chi connectivity index (χ0n) is 16.8. The fourth-order valence-corrected chi connectivity index (χ4v) is 3.79. The molecule has 7 nitrogen and oxygen atoms in total. The molecule has 0 atom stereocenters. The summed E-state index contributed by atoms with van der Waals surface area (Å²) in [5, 5.41) is 10.0. The van der Waals surface area contributed by atoms with E-state index in [1.54, 1.807) is 11.3 Å². The number of thiazole rings is 1. The lowest BCUT2D eigenvalue weighted by molar-refractivity contribution is 0.459. The van der Waals surface area contributed by atoms with E-state index in [1.807, 2.05) is 37.3 Å². The molecule has 0 spiro atoms. The first-order chi connectivity index (χ1) is 13.2. The van der Waals surface area contributed by atoms with Crippen molar-refractivity contribution in [3.8, 4) is 0 Å². The molecule has 1 aliphatic heterocycles. The van der Waals surface area contributed by atoms with Crippen molar-refractivity contribution in [1.82, 2.24) is 20.6 Å². The molecule has 3 heterocycles. The normalized spacial score (nSPS) is 15.1. The summed E-state index contributed by atoms with van der Waals surface area (Å²) >= 11 is 1.65. The van der Waals surface area contributed by atoms with Crippen LogP contribution >= 0.6 is 35.3 Å². The van der Waals surface area contributed by atoms with Gasteiger partial charge in [-0.1, -0.05) is 6.07 Å². The third-order valence-corrected chi connectivity index (χ3v) is 5.53. The number of hydrogen-bond donors (Lipinski definition) is 2. The van der Waals surface area contributed by atoms with Crippen molar-refractivity contribution in [2.24, 2.45) is 4.99 Å². The quantitative estimate of drug-likeness (QED) is 0.351. The molecule has 0 radical (unpaired) electrons.